The molecule has 3 rings (SSSR count). The number of benzene rings is 1. The first-order valence-corrected chi connectivity index (χ1v) is 12.1. The van der Waals surface area contributed by atoms with Crippen LogP contribution in [0.3, 0.4) is 0 Å². The number of hydrogen-bond acceptors (Lipinski definition) is 6. The number of carbonyl (C=O) groups is 1. The molecule has 5 nitrogen and oxygen atoms in total. The maximum atomic E-state index is 12.7. The normalized spacial score (nSPS) is 23.4. The fourth-order valence-corrected chi connectivity index (χ4v) is 6.23. The lowest BCUT2D eigenvalue weighted by Crippen LogP contribution is -2.39. The predicted molar refractivity (Wildman–Crippen MR) is 114 cm³/mol. The fourth-order valence-electron chi connectivity index (χ4n) is 3.13. The van der Waals surface area contributed by atoms with E-state index in [1.807, 2.05) is 24.3 Å². The number of sulfone groups is 1. The molecule has 2 aliphatic heterocycles. The maximum Gasteiger partial charge on any atom is 0.266 e. The van der Waals surface area contributed by atoms with Crippen molar-refractivity contribution in [3.63, 3.8) is 0 Å². The van der Waals surface area contributed by atoms with Crippen molar-refractivity contribution in [3.05, 3.63) is 34.7 Å². The molecule has 1 aromatic carbocycles. The molecule has 1 amide bonds. The summed E-state index contributed by atoms with van der Waals surface area (Å²) < 4.78 is 29.6. The Bertz CT molecular complexity index is 846. The number of ether oxygens (including phenoxy) is 1. The summed E-state index contributed by atoms with van der Waals surface area (Å²) in [4.78, 5) is 14.7. The second-order valence-electron chi connectivity index (χ2n) is 6.73. The van der Waals surface area contributed by atoms with E-state index in [0.29, 0.717) is 22.3 Å². The van der Waals surface area contributed by atoms with Gasteiger partial charge in [-0.15, -0.1) is 0 Å². The van der Waals surface area contributed by atoms with Gasteiger partial charge in [-0.3, -0.25) is 9.69 Å². The Morgan fingerprint density at radius 1 is 1.30 bits per heavy atom. The largest absolute Gasteiger partial charge is 0.494 e. The molecule has 0 spiro atoms. The molecule has 2 saturated heterocycles. The standard InChI is InChI=1S/C19H23NO4S3/c1-2-3-4-10-24-16-7-5-14(6-8-16)12-17-18(21)20(19(25)26-17)15-9-11-27(22,23)13-15/h5-8,12,15H,2-4,9-11,13H2,1H3/b17-12-. The van der Waals surface area contributed by atoms with Crippen LogP contribution in [0.15, 0.2) is 29.2 Å². The van der Waals surface area contributed by atoms with Crippen molar-refractivity contribution in [2.24, 2.45) is 0 Å². The lowest BCUT2D eigenvalue weighted by atomic mass is 10.2. The predicted octanol–water partition coefficient (Wildman–Crippen LogP) is 3.64. The van der Waals surface area contributed by atoms with E-state index < -0.39 is 9.84 Å². The van der Waals surface area contributed by atoms with Crippen LogP contribution in [0.1, 0.15) is 38.2 Å². The molecule has 0 aromatic heterocycles. The second-order valence-corrected chi connectivity index (χ2v) is 10.6. The minimum Gasteiger partial charge on any atom is -0.494 e. The summed E-state index contributed by atoms with van der Waals surface area (Å²) in [5.41, 5.74) is 0.885. The number of thioether (sulfide) groups is 1. The zero-order valence-corrected chi connectivity index (χ0v) is 17.7. The topological polar surface area (TPSA) is 63.7 Å². The SMILES string of the molecule is CCCCCOc1ccc(/C=C2\SC(=S)N(C3CCS(=O)(=O)C3)C2=O)cc1. The van der Waals surface area contributed by atoms with Gasteiger partial charge in [0.15, 0.2) is 9.84 Å². The molecule has 146 valence electrons. The highest BCUT2D eigenvalue weighted by Crippen LogP contribution is 2.36. The van der Waals surface area contributed by atoms with E-state index in [0.717, 1.165) is 30.6 Å². The van der Waals surface area contributed by atoms with E-state index in [4.69, 9.17) is 17.0 Å². The molecule has 2 fully saturated rings. The number of nitrogens with zero attached hydrogens (tertiary/aromatic N) is 1. The Morgan fingerprint density at radius 2 is 2.04 bits per heavy atom. The first kappa shape index (κ1) is 20.4. The molecular weight excluding hydrogens is 402 g/mol. The molecule has 2 aliphatic rings. The number of rotatable bonds is 7. The van der Waals surface area contributed by atoms with Crippen molar-refractivity contribution in [1.82, 2.24) is 4.90 Å². The minimum absolute atomic E-state index is 0.00319. The smallest absolute Gasteiger partial charge is 0.266 e. The van der Waals surface area contributed by atoms with Crippen molar-refractivity contribution < 1.29 is 17.9 Å². The molecule has 1 atom stereocenters. The lowest BCUT2D eigenvalue weighted by Gasteiger charge is -2.20. The van der Waals surface area contributed by atoms with Gasteiger partial charge in [0.05, 0.1) is 29.1 Å². The van der Waals surface area contributed by atoms with Crippen LogP contribution >= 0.6 is 24.0 Å². The molecule has 27 heavy (non-hydrogen) atoms. The summed E-state index contributed by atoms with van der Waals surface area (Å²) in [6.45, 7) is 2.86. The molecule has 0 bridgehead atoms. The number of carbonyl (C=O) groups excluding carboxylic acids is 1. The van der Waals surface area contributed by atoms with Gasteiger partial charge >= 0.3 is 0 Å². The quantitative estimate of drug-likeness (QED) is 0.378. The maximum absolute atomic E-state index is 12.7. The third-order valence-electron chi connectivity index (χ3n) is 4.59. The summed E-state index contributed by atoms with van der Waals surface area (Å²) in [6, 6.07) is 7.25. The Hall–Kier alpha value is -1.38. The van der Waals surface area contributed by atoms with Crippen molar-refractivity contribution in [2.45, 2.75) is 38.6 Å². The summed E-state index contributed by atoms with van der Waals surface area (Å²) in [5, 5.41) is 0. The van der Waals surface area contributed by atoms with Crippen LogP contribution in [0.2, 0.25) is 0 Å². The van der Waals surface area contributed by atoms with Crippen LogP contribution in [-0.4, -0.2) is 47.7 Å². The van der Waals surface area contributed by atoms with Gasteiger partial charge in [0.1, 0.15) is 10.1 Å². The number of unbranched alkanes of at least 4 members (excludes halogenated alkanes) is 2. The molecule has 0 radical (unpaired) electrons. The summed E-state index contributed by atoms with van der Waals surface area (Å²) in [5.74, 6) is 0.726. The van der Waals surface area contributed by atoms with Gasteiger partial charge in [0, 0.05) is 0 Å². The third-order valence-corrected chi connectivity index (χ3v) is 7.67. The van der Waals surface area contributed by atoms with Crippen LogP contribution in [0.25, 0.3) is 6.08 Å². The van der Waals surface area contributed by atoms with Gasteiger partial charge in [0.25, 0.3) is 5.91 Å². The number of thiocarbonyl (C=S) groups is 1. The monoisotopic (exact) mass is 425 g/mol. The molecule has 2 heterocycles. The minimum atomic E-state index is -3.07. The van der Waals surface area contributed by atoms with E-state index >= 15 is 0 Å². The van der Waals surface area contributed by atoms with E-state index in [1.54, 1.807) is 6.08 Å². The molecule has 0 N–H and O–H groups in total. The van der Waals surface area contributed by atoms with Gasteiger partial charge < -0.3 is 4.74 Å². The van der Waals surface area contributed by atoms with Gasteiger partial charge in [-0.25, -0.2) is 8.42 Å². The molecule has 1 unspecified atom stereocenters. The van der Waals surface area contributed by atoms with Crippen LogP contribution < -0.4 is 4.74 Å². The van der Waals surface area contributed by atoms with E-state index in [9.17, 15) is 13.2 Å². The average Bonchev–Trinajstić information content (AvgIpc) is 3.11. The second kappa shape index (κ2) is 8.75. The van der Waals surface area contributed by atoms with E-state index in [2.05, 4.69) is 6.92 Å². The summed E-state index contributed by atoms with van der Waals surface area (Å²) in [6.07, 6.45) is 5.60. The zero-order chi connectivity index (χ0) is 19.4. The van der Waals surface area contributed by atoms with Gasteiger partial charge in [-0.05, 0) is 36.6 Å². The highest BCUT2D eigenvalue weighted by atomic mass is 32.2. The third kappa shape index (κ3) is 5.12. The van der Waals surface area contributed by atoms with Crippen LogP contribution in [0.5, 0.6) is 5.75 Å². The lowest BCUT2D eigenvalue weighted by molar-refractivity contribution is -0.123. The van der Waals surface area contributed by atoms with Crippen molar-refractivity contribution in [2.75, 3.05) is 18.1 Å². The summed E-state index contributed by atoms with van der Waals surface area (Å²) in [7, 11) is -3.07. The van der Waals surface area contributed by atoms with E-state index in [1.165, 1.54) is 16.7 Å². The number of hydrogen-bond donors (Lipinski definition) is 0. The molecule has 0 saturated carbocycles. The Kier molecular flexibility index (Phi) is 6.60. The zero-order valence-electron chi connectivity index (χ0n) is 15.2. The first-order chi connectivity index (χ1) is 12.9. The van der Waals surface area contributed by atoms with Crippen molar-refractivity contribution in [3.8, 4) is 5.75 Å². The van der Waals surface area contributed by atoms with Gasteiger partial charge in [-0.2, -0.15) is 0 Å². The van der Waals surface area contributed by atoms with Gasteiger partial charge in [-0.1, -0.05) is 55.9 Å². The van der Waals surface area contributed by atoms with Crippen LogP contribution in [0, 0.1) is 0 Å². The molecule has 1 aromatic rings. The summed E-state index contributed by atoms with van der Waals surface area (Å²) >= 11 is 6.55. The van der Waals surface area contributed by atoms with Crippen molar-refractivity contribution >= 4 is 50.1 Å². The van der Waals surface area contributed by atoms with E-state index in [-0.39, 0.29) is 23.5 Å². The molecule has 0 aliphatic carbocycles. The van der Waals surface area contributed by atoms with Crippen molar-refractivity contribution in [1.29, 1.82) is 0 Å². The highest BCUT2D eigenvalue weighted by molar-refractivity contribution is 8.26. The fraction of sp³-hybridized carbons (Fsp3) is 0.474. The Labute approximate surface area is 170 Å². The first-order valence-electron chi connectivity index (χ1n) is 9.10. The number of amides is 1. The average molecular weight is 426 g/mol. The molecular formula is C19H23NO4S3. The van der Waals surface area contributed by atoms with Crippen LogP contribution in [0.4, 0.5) is 0 Å². The van der Waals surface area contributed by atoms with Gasteiger partial charge in [0.2, 0.25) is 0 Å². The highest BCUT2D eigenvalue weighted by Gasteiger charge is 2.42. The Morgan fingerprint density at radius 3 is 2.67 bits per heavy atom. The Balaban J connectivity index is 1.65. The molecule has 8 heteroatoms. The van der Waals surface area contributed by atoms with Crippen LogP contribution in [-0.2, 0) is 14.6 Å².